The lowest BCUT2D eigenvalue weighted by Gasteiger charge is -2.18. The molecule has 1 unspecified atom stereocenters. The zero-order valence-electron chi connectivity index (χ0n) is 11.1. The van der Waals surface area contributed by atoms with Crippen molar-refractivity contribution < 1.29 is 9.15 Å². The molecule has 0 bridgehead atoms. The van der Waals surface area contributed by atoms with Crippen molar-refractivity contribution in [3.05, 3.63) is 53.5 Å². The van der Waals surface area contributed by atoms with Crippen LogP contribution in [0.15, 0.2) is 41.0 Å². The molecule has 0 amide bonds. The van der Waals surface area contributed by atoms with Crippen molar-refractivity contribution >= 4 is 0 Å². The highest BCUT2D eigenvalue weighted by Crippen LogP contribution is 2.31. The Hall–Kier alpha value is -1.74. The average molecular weight is 245 g/mol. The molecule has 2 rings (SSSR count). The Morgan fingerprint density at radius 3 is 2.67 bits per heavy atom. The van der Waals surface area contributed by atoms with Crippen molar-refractivity contribution in [2.75, 3.05) is 13.7 Å². The van der Waals surface area contributed by atoms with E-state index in [-0.39, 0.29) is 6.04 Å². The first-order valence-corrected chi connectivity index (χ1v) is 6.21. The summed E-state index contributed by atoms with van der Waals surface area (Å²) in [5.74, 6) is 1.83. The van der Waals surface area contributed by atoms with E-state index in [2.05, 4.69) is 11.4 Å². The van der Waals surface area contributed by atoms with E-state index < -0.39 is 0 Å². The fraction of sp³-hybridized carbons (Fsp3) is 0.333. The molecule has 1 aromatic carbocycles. The van der Waals surface area contributed by atoms with Crippen LogP contribution in [0.1, 0.15) is 29.9 Å². The molecule has 1 heterocycles. The lowest BCUT2D eigenvalue weighted by molar-refractivity contribution is 0.331. The molecule has 0 saturated heterocycles. The summed E-state index contributed by atoms with van der Waals surface area (Å²) < 4.78 is 11.3. The summed E-state index contributed by atoms with van der Waals surface area (Å²) in [7, 11) is 1.93. The Morgan fingerprint density at radius 2 is 2.06 bits per heavy atom. The molecule has 96 valence electrons. The van der Waals surface area contributed by atoms with Gasteiger partial charge in [0.2, 0.25) is 0 Å². The molecular weight excluding hydrogens is 226 g/mol. The molecule has 0 aliphatic heterocycles. The second kappa shape index (κ2) is 5.74. The summed E-state index contributed by atoms with van der Waals surface area (Å²) >= 11 is 0. The monoisotopic (exact) mass is 245 g/mol. The van der Waals surface area contributed by atoms with Crippen LogP contribution in [0.25, 0.3) is 0 Å². The third kappa shape index (κ3) is 2.41. The molecule has 1 aromatic heterocycles. The van der Waals surface area contributed by atoms with Gasteiger partial charge in [0.05, 0.1) is 18.9 Å². The van der Waals surface area contributed by atoms with Crippen molar-refractivity contribution in [3.63, 3.8) is 0 Å². The first kappa shape index (κ1) is 12.7. The van der Waals surface area contributed by atoms with Gasteiger partial charge >= 0.3 is 0 Å². The molecule has 1 N–H and O–H groups in total. The lowest BCUT2D eigenvalue weighted by Crippen LogP contribution is -2.18. The van der Waals surface area contributed by atoms with E-state index in [1.54, 1.807) is 6.26 Å². The molecule has 0 spiro atoms. The number of ether oxygens (including phenoxy) is 1. The standard InChI is InChI=1S/C15H19NO2/c1-4-17-13-8-6-5-7-12(13)14(16-3)15-11(2)9-10-18-15/h5-10,14,16H,4H2,1-3H3. The summed E-state index contributed by atoms with van der Waals surface area (Å²) in [6, 6.07) is 10.0. The van der Waals surface area contributed by atoms with Gasteiger partial charge in [-0.2, -0.15) is 0 Å². The summed E-state index contributed by atoms with van der Waals surface area (Å²) in [5.41, 5.74) is 2.24. The van der Waals surface area contributed by atoms with Gasteiger partial charge in [-0.1, -0.05) is 18.2 Å². The van der Waals surface area contributed by atoms with Gasteiger partial charge in [-0.05, 0) is 38.6 Å². The molecule has 0 fully saturated rings. The highest BCUT2D eigenvalue weighted by atomic mass is 16.5. The number of hydrogen-bond acceptors (Lipinski definition) is 3. The van der Waals surface area contributed by atoms with Crippen LogP contribution < -0.4 is 10.1 Å². The Labute approximate surface area is 108 Å². The number of hydrogen-bond donors (Lipinski definition) is 1. The van der Waals surface area contributed by atoms with Gasteiger partial charge in [0.25, 0.3) is 0 Å². The minimum Gasteiger partial charge on any atom is -0.494 e. The molecule has 3 heteroatoms. The first-order valence-electron chi connectivity index (χ1n) is 6.21. The van der Waals surface area contributed by atoms with E-state index >= 15 is 0 Å². The maximum atomic E-state index is 5.68. The van der Waals surface area contributed by atoms with Gasteiger partial charge in [-0.25, -0.2) is 0 Å². The fourth-order valence-electron chi connectivity index (χ4n) is 2.11. The molecule has 0 aliphatic carbocycles. The Bertz CT molecular complexity index is 505. The molecule has 2 aromatic rings. The average Bonchev–Trinajstić information content (AvgIpc) is 2.79. The summed E-state index contributed by atoms with van der Waals surface area (Å²) in [5, 5.41) is 3.29. The van der Waals surface area contributed by atoms with E-state index in [0.717, 1.165) is 22.6 Å². The number of aryl methyl sites for hydroxylation is 1. The zero-order valence-corrected chi connectivity index (χ0v) is 11.1. The van der Waals surface area contributed by atoms with Crippen LogP contribution in [-0.2, 0) is 0 Å². The van der Waals surface area contributed by atoms with Crippen molar-refractivity contribution in [1.29, 1.82) is 0 Å². The molecule has 1 atom stereocenters. The smallest absolute Gasteiger partial charge is 0.128 e. The van der Waals surface area contributed by atoms with Gasteiger partial charge in [0.15, 0.2) is 0 Å². The number of para-hydroxylation sites is 1. The highest BCUT2D eigenvalue weighted by Gasteiger charge is 2.20. The minimum absolute atomic E-state index is 0.0164. The highest BCUT2D eigenvalue weighted by molar-refractivity contribution is 5.40. The predicted octanol–water partition coefficient (Wildman–Crippen LogP) is 3.30. The third-order valence-electron chi connectivity index (χ3n) is 2.98. The number of furan rings is 1. The number of benzene rings is 1. The molecule has 0 radical (unpaired) electrons. The maximum absolute atomic E-state index is 5.68. The fourth-order valence-corrected chi connectivity index (χ4v) is 2.11. The van der Waals surface area contributed by atoms with E-state index in [4.69, 9.17) is 9.15 Å². The molecular formula is C15H19NO2. The van der Waals surface area contributed by atoms with Gasteiger partial charge in [0.1, 0.15) is 11.5 Å². The number of nitrogens with one attached hydrogen (secondary N) is 1. The quantitative estimate of drug-likeness (QED) is 0.877. The SMILES string of the molecule is CCOc1ccccc1C(NC)c1occc1C. The predicted molar refractivity (Wildman–Crippen MR) is 72.0 cm³/mol. The Balaban J connectivity index is 2.42. The van der Waals surface area contributed by atoms with Crippen molar-refractivity contribution in [2.45, 2.75) is 19.9 Å². The summed E-state index contributed by atoms with van der Waals surface area (Å²) in [6.45, 7) is 4.69. The molecule has 3 nitrogen and oxygen atoms in total. The molecule has 0 saturated carbocycles. The van der Waals surface area contributed by atoms with E-state index in [1.165, 1.54) is 0 Å². The third-order valence-corrected chi connectivity index (χ3v) is 2.98. The van der Waals surface area contributed by atoms with Crippen LogP contribution in [0.3, 0.4) is 0 Å². The van der Waals surface area contributed by atoms with E-state index in [9.17, 15) is 0 Å². The van der Waals surface area contributed by atoms with Crippen LogP contribution in [0, 0.1) is 6.92 Å². The lowest BCUT2D eigenvalue weighted by atomic mass is 10.0. The minimum atomic E-state index is 0.0164. The van der Waals surface area contributed by atoms with Gasteiger partial charge in [-0.3, -0.25) is 0 Å². The van der Waals surface area contributed by atoms with Crippen LogP contribution in [0.2, 0.25) is 0 Å². The zero-order chi connectivity index (χ0) is 13.0. The van der Waals surface area contributed by atoms with Crippen LogP contribution in [-0.4, -0.2) is 13.7 Å². The summed E-state index contributed by atoms with van der Waals surface area (Å²) in [4.78, 5) is 0. The van der Waals surface area contributed by atoms with Gasteiger partial charge < -0.3 is 14.5 Å². The van der Waals surface area contributed by atoms with E-state index in [1.807, 2.05) is 45.2 Å². The topological polar surface area (TPSA) is 34.4 Å². The number of rotatable bonds is 5. The van der Waals surface area contributed by atoms with E-state index in [0.29, 0.717) is 6.61 Å². The van der Waals surface area contributed by atoms with Crippen LogP contribution in [0.4, 0.5) is 0 Å². The van der Waals surface area contributed by atoms with Crippen molar-refractivity contribution in [2.24, 2.45) is 0 Å². The van der Waals surface area contributed by atoms with Crippen molar-refractivity contribution in [3.8, 4) is 5.75 Å². The second-order valence-corrected chi connectivity index (χ2v) is 4.16. The molecule has 18 heavy (non-hydrogen) atoms. The summed E-state index contributed by atoms with van der Waals surface area (Å²) in [6.07, 6.45) is 1.72. The van der Waals surface area contributed by atoms with Crippen LogP contribution >= 0.6 is 0 Å². The Morgan fingerprint density at radius 1 is 1.28 bits per heavy atom. The largest absolute Gasteiger partial charge is 0.494 e. The second-order valence-electron chi connectivity index (χ2n) is 4.16. The van der Waals surface area contributed by atoms with Crippen molar-refractivity contribution in [1.82, 2.24) is 5.32 Å². The first-order chi connectivity index (χ1) is 8.77. The molecule has 0 aliphatic rings. The van der Waals surface area contributed by atoms with Gasteiger partial charge in [0, 0.05) is 5.56 Å². The maximum Gasteiger partial charge on any atom is 0.128 e. The Kier molecular flexibility index (Phi) is 4.05. The van der Waals surface area contributed by atoms with Crippen LogP contribution in [0.5, 0.6) is 5.75 Å². The van der Waals surface area contributed by atoms with Gasteiger partial charge in [-0.15, -0.1) is 0 Å². The normalized spacial score (nSPS) is 12.4.